The zero-order chi connectivity index (χ0) is 21.3. The van der Waals surface area contributed by atoms with E-state index < -0.39 is 36.4 Å². The number of esters is 2. The number of rotatable bonds is 18. The van der Waals surface area contributed by atoms with Crippen molar-refractivity contribution in [3.63, 3.8) is 0 Å². The summed E-state index contributed by atoms with van der Waals surface area (Å²) in [5.41, 5.74) is -2.50. The highest BCUT2D eigenvalue weighted by atomic mass is 16.5. The Labute approximate surface area is 168 Å². The molecule has 0 aromatic heterocycles. The molecule has 1 atom stereocenters. The van der Waals surface area contributed by atoms with Crippen molar-refractivity contribution in [3.8, 4) is 0 Å². The van der Waals surface area contributed by atoms with E-state index in [-0.39, 0.29) is 13.2 Å². The fourth-order valence-corrected chi connectivity index (χ4v) is 2.91. The van der Waals surface area contributed by atoms with Crippen molar-refractivity contribution in [1.29, 1.82) is 0 Å². The van der Waals surface area contributed by atoms with Crippen molar-refractivity contribution < 1.29 is 34.1 Å². The first-order chi connectivity index (χ1) is 13.4. The molecule has 164 valence electrons. The molecule has 0 aliphatic heterocycles. The van der Waals surface area contributed by atoms with Crippen molar-refractivity contribution in [3.05, 3.63) is 0 Å². The molecule has 1 unspecified atom stereocenters. The SMILES string of the molecule is CCCCCCCCCCCCCOC(=O)CC(O)(CC(=O)OCC)C(=O)O. The second-order valence-corrected chi connectivity index (χ2v) is 7.25. The molecule has 0 aromatic rings. The largest absolute Gasteiger partial charge is 0.479 e. The Balaban J connectivity index is 3.82. The molecule has 0 rings (SSSR count). The predicted octanol–water partition coefficient (Wildman–Crippen LogP) is 4.00. The van der Waals surface area contributed by atoms with Gasteiger partial charge in [-0.25, -0.2) is 4.79 Å². The van der Waals surface area contributed by atoms with Crippen molar-refractivity contribution >= 4 is 17.9 Å². The van der Waals surface area contributed by atoms with Gasteiger partial charge >= 0.3 is 17.9 Å². The van der Waals surface area contributed by atoms with Crippen molar-refractivity contribution in [2.24, 2.45) is 0 Å². The van der Waals surface area contributed by atoms with E-state index in [1.54, 1.807) is 6.92 Å². The van der Waals surface area contributed by atoms with Crippen LogP contribution in [0.25, 0.3) is 0 Å². The summed E-state index contributed by atoms with van der Waals surface area (Å²) in [6.07, 6.45) is 11.4. The summed E-state index contributed by atoms with van der Waals surface area (Å²) in [5.74, 6) is -3.35. The number of hydrogen-bond donors (Lipinski definition) is 2. The number of carbonyl (C=O) groups excluding carboxylic acids is 2. The number of ether oxygens (including phenoxy) is 2. The molecule has 0 saturated heterocycles. The summed E-state index contributed by atoms with van der Waals surface area (Å²) < 4.78 is 9.63. The third-order valence-electron chi connectivity index (χ3n) is 4.59. The van der Waals surface area contributed by atoms with Gasteiger partial charge in [0.05, 0.1) is 26.1 Å². The highest BCUT2D eigenvalue weighted by Gasteiger charge is 2.41. The minimum absolute atomic E-state index is 0.0673. The average Bonchev–Trinajstić information content (AvgIpc) is 2.62. The molecule has 7 nitrogen and oxygen atoms in total. The van der Waals surface area contributed by atoms with Crippen LogP contribution in [0.5, 0.6) is 0 Å². The number of unbranched alkanes of at least 4 members (excludes halogenated alkanes) is 10. The zero-order valence-corrected chi connectivity index (χ0v) is 17.5. The second kappa shape index (κ2) is 16.3. The van der Waals surface area contributed by atoms with E-state index in [9.17, 15) is 19.5 Å². The Hall–Kier alpha value is -1.63. The molecule has 0 aliphatic rings. The zero-order valence-electron chi connectivity index (χ0n) is 17.5. The number of aliphatic hydroxyl groups is 1. The predicted molar refractivity (Wildman–Crippen MR) is 106 cm³/mol. The number of hydrogen-bond acceptors (Lipinski definition) is 6. The molecule has 0 fully saturated rings. The molecule has 0 heterocycles. The van der Waals surface area contributed by atoms with Crippen LogP contribution < -0.4 is 0 Å². The molecule has 0 bridgehead atoms. The van der Waals surface area contributed by atoms with E-state index >= 15 is 0 Å². The van der Waals surface area contributed by atoms with E-state index in [4.69, 9.17) is 9.84 Å². The normalized spacial score (nSPS) is 13.0. The molecule has 0 saturated carbocycles. The van der Waals surface area contributed by atoms with Crippen LogP contribution in [0.1, 0.15) is 97.3 Å². The number of carboxylic acid groups (broad SMARTS) is 1. The van der Waals surface area contributed by atoms with Gasteiger partial charge in [-0.1, -0.05) is 71.1 Å². The van der Waals surface area contributed by atoms with Crippen LogP contribution in [0.4, 0.5) is 0 Å². The van der Waals surface area contributed by atoms with Crippen LogP contribution in [0.15, 0.2) is 0 Å². The van der Waals surface area contributed by atoms with E-state index in [0.29, 0.717) is 6.42 Å². The third kappa shape index (κ3) is 13.5. The molecule has 7 heteroatoms. The van der Waals surface area contributed by atoms with Crippen LogP contribution in [-0.4, -0.2) is 46.9 Å². The topological polar surface area (TPSA) is 110 Å². The maximum Gasteiger partial charge on any atom is 0.336 e. The monoisotopic (exact) mass is 402 g/mol. The summed E-state index contributed by atoms with van der Waals surface area (Å²) in [6, 6.07) is 0. The molecular weight excluding hydrogens is 364 g/mol. The van der Waals surface area contributed by atoms with Crippen LogP contribution in [0.3, 0.4) is 0 Å². The van der Waals surface area contributed by atoms with Gasteiger partial charge in [-0.15, -0.1) is 0 Å². The van der Waals surface area contributed by atoms with Gasteiger partial charge in [0, 0.05) is 0 Å². The van der Waals surface area contributed by atoms with Gasteiger partial charge in [-0.05, 0) is 13.3 Å². The van der Waals surface area contributed by atoms with Gasteiger partial charge in [0.25, 0.3) is 0 Å². The fourth-order valence-electron chi connectivity index (χ4n) is 2.91. The van der Waals surface area contributed by atoms with Crippen LogP contribution in [0, 0.1) is 0 Å². The second-order valence-electron chi connectivity index (χ2n) is 7.25. The lowest BCUT2D eigenvalue weighted by atomic mass is 9.96. The maximum absolute atomic E-state index is 11.8. The standard InChI is InChI=1S/C21H38O7/c1-3-5-6-7-8-9-10-11-12-13-14-15-28-19(23)17-21(26,20(24)25)16-18(22)27-4-2/h26H,3-17H2,1-2H3,(H,24,25). The van der Waals surface area contributed by atoms with Crippen molar-refractivity contribution in [2.45, 2.75) is 103 Å². The van der Waals surface area contributed by atoms with E-state index in [1.165, 1.54) is 51.4 Å². The van der Waals surface area contributed by atoms with Gasteiger partial charge in [0.2, 0.25) is 0 Å². The minimum Gasteiger partial charge on any atom is -0.479 e. The first-order valence-corrected chi connectivity index (χ1v) is 10.6. The first-order valence-electron chi connectivity index (χ1n) is 10.6. The third-order valence-corrected chi connectivity index (χ3v) is 4.59. The van der Waals surface area contributed by atoms with Gasteiger partial charge in [-0.2, -0.15) is 0 Å². The van der Waals surface area contributed by atoms with Crippen molar-refractivity contribution in [2.75, 3.05) is 13.2 Å². The van der Waals surface area contributed by atoms with Crippen LogP contribution in [-0.2, 0) is 23.9 Å². The fraction of sp³-hybridized carbons (Fsp3) is 0.857. The Morgan fingerprint density at radius 2 is 1.14 bits per heavy atom. The lowest BCUT2D eigenvalue weighted by Gasteiger charge is -2.21. The summed E-state index contributed by atoms with van der Waals surface area (Å²) in [4.78, 5) is 34.4. The lowest BCUT2D eigenvalue weighted by molar-refractivity contribution is -0.173. The van der Waals surface area contributed by atoms with Crippen LogP contribution >= 0.6 is 0 Å². The number of carbonyl (C=O) groups is 3. The molecule has 0 amide bonds. The Morgan fingerprint density at radius 3 is 1.57 bits per heavy atom. The van der Waals surface area contributed by atoms with Gasteiger partial charge in [-0.3, -0.25) is 9.59 Å². The van der Waals surface area contributed by atoms with E-state index in [1.807, 2.05) is 0 Å². The number of aliphatic carboxylic acids is 1. The number of carboxylic acids is 1. The summed E-state index contributed by atoms with van der Waals surface area (Å²) >= 11 is 0. The Morgan fingerprint density at radius 1 is 0.714 bits per heavy atom. The van der Waals surface area contributed by atoms with Gasteiger partial charge in [0.15, 0.2) is 5.60 Å². The van der Waals surface area contributed by atoms with Gasteiger partial charge < -0.3 is 19.7 Å². The molecule has 28 heavy (non-hydrogen) atoms. The lowest BCUT2D eigenvalue weighted by Crippen LogP contribution is -2.43. The van der Waals surface area contributed by atoms with Crippen LogP contribution in [0.2, 0.25) is 0 Å². The highest BCUT2D eigenvalue weighted by Crippen LogP contribution is 2.18. The van der Waals surface area contributed by atoms with Gasteiger partial charge in [0.1, 0.15) is 0 Å². The summed E-state index contributed by atoms with van der Waals surface area (Å²) in [6.45, 7) is 4.04. The molecule has 2 N–H and O–H groups in total. The first kappa shape index (κ1) is 26.4. The molecule has 0 spiro atoms. The molecule has 0 aromatic carbocycles. The average molecular weight is 403 g/mol. The van der Waals surface area contributed by atoms with Crippen molar-refractivity contribution in [1.82, 2.24) is 0 Å². The quantitative estimate of drug-likeness (QED) is 0.263. The Bertz CT molecular complexity index is 450. The minimum atomic E-state index is -2.50. The highest BCUT2D eigenvalue weighted by molar-refractivity contribution is 5.88. The van der Waals surface area contributed by atoms with E-state index in [2.05, 4.69) is 11.7 Å². The van der Waals surface area contributed by atoms with E-state index in [0.717, 1.165) is 12.8 Å². The summed E-state index contributed by atoms with van der Waals surface area (Å²) in [5, 5.41) is 19.2. The molecule has 0 radical (unpaired) electrons. The summed E-state index contributed by atoms with van der Waals surface area (Å²) in [7, 11) is 0. The maximum atomic E-state index is 11.8. The molecular formula is C21H38O7. The molecule has 0 aliphatic carbocycles. The Kier molecular flexibility index (Phi) is 15.4. The smallest absolute Gasteiger partial charge is 0.336 e.